The Morgan fingerprint density at radius 3 is 2.53 bits per heavy atom. The van der Waals surface area contributed by atoms with Crippen LogP contribution in [-0.2, 0) is 6.42 Å². The van der Waals surface area contributed by atoms with Crippen LogP contribution in [0, 0.1) is 10.1 Å². The van der Waals surface area contributed by atoms with Crippen molar-refractivity contribution in [3.05, 3.63) is 33.4 Å². The molecule has 1 aromatic rings. The highest BCUT2D eigenvalue weighted by Gasteiger charge is 2.25. The van der Waals surface area contributed by atoms with Crippen molar-refractivity contribution in [3.63, 3.8) is 0 Å². The molecule has 0 fully saturated rings. The number of hydrogen-bond acceptors (Lipinski definition) is 4. The molecule has 6 nitrogen and oxygen atoms in total. The Morgan fingerprint density at radius 1 is 1.47 bits per heavy atom. The minimum atomic E-state index is -0.737. The lowest BCUT2D eigenvalue weighted by molar-refractivity contribution is -0.386. The summed E-state index contributed by atoms with van der Waals surface area (Å²) in [4.78, 5) is 21.7. The van der Waals surface area contributed by atoms with E-state index in [0.29, 0.717) is 12.0 Å². The molecule has 0 aromatic heterocycles. The van der Waals surface area contributed by atoms with E-state index in [1.165, 1.54) is 12.1 Å². The normalized spacial score (nSPS) is 10.0. The summed E-state index contributed by atoms with van der Waals surface area (Å²) in [6, 6.07) is 2.99. The molecule has 17 heavy (non-hydrogen) atoms. The van der Waals surface area contributed by atoms with E-state index in [-0.39, 0.29) is 23.6 Å². The van der Waals surface area contributed by atoms with E-state index >= 15 is 0 Å². The standard InChI is InChI=1S/C11H14N2O4/c1-3-7-5-6-8(11(12)14)10(17-4-2)9(7)13(15)16/h5-6H,3-4H2,1-2H3,(H2,12,14). The number of carbonyl (C=O) groups excluding carboxylic acids is 1. The molecule has 1 amide bonds. The molecule has 0 atom stereocenters. The molecule has 0 radical (unpaired) electrons. The van der Waals surface area contributed by atoms with Gasteiger partial charge in [-0.3, -0.25) is 14.9 Å². The van der Waals surface area contributed by atoms with Gasteiger partial charge in [-0.2, -0.15) is 0 Å². The zero-order valence-corrected chi connectivity index (χ0v) is 9.73. The molecule has 0 saturated carbocycles. The molecule has 2 N–H and O–H groups in total. The Labute approximate surface area is 98.5 Å². The maximum Gasteiger partial charge on any atom is 0.314 e. The minimum Gasteiger partial charge on any atom is -0.487 e. The van der Waals surface area contributed by atoms with Crippen LogP contribution in [0.5, 0.6) is 5.75 Å². The van der Waals surface area contributed by atoms with Crippen LogP contribution in [0.2, 0.25) is 0 Å². The first-order chi connectivity index (χ1) is 8.02. The number of primary amides is 1. The summed E-state index contributed by atoms with van der Waals surface area (Å²) in [5.74, 6) is -0.774. The van der Waals surface area contributed by atoms with Gasteiger partial charge in [0.1, 0.15) is 0 Å². The predicted molar refractivity (Wildman–Crippen MR) is 62.2 cm³/mol. The first-order valence-corrected chi connectivity index (χ1v) is 5.25. The molecule has 0 aliphatic heterocycles. The quantitative estimate of drug-likeness (QED) is 0.623. The lowest BCUT2D eigenvalue weighted by Gasteiger charge is -2.10. The Morgan fingerprint density at radius 2 is 2.12 bits per heavy atom. The van der Waals surface area contributed by atoms with E-state index in [1.807, 2.05) is 0 Å². The van der Waals surface area contributed by atoms with Gasteiger partial charge in [-0.15, -0.1) is 0 Å². The number of amides is 1. The molecule has 6 heteroatoms. The zero-order chi connectivity index (χ0) is 13.0. The lowest BCUT2D eigenvalue weighted by Crippen LogP contribution is -2.15. The highest BCUT2D eigenvalue weighted by atomic mass is 16.6. The molecule has 92 valence electrons. The topological polar surface area (TPSA) is 95.5 Å². The van der Waals surface area contributed by atoms with E-state index in [2.05, 4.69) is 0 Å². The minimum absolute atomic E-state index is 0.0376. The number of ether oxygens (including phenoxy) is 1. The Kier molecular flexibility index (Phi) is 4.03. The summed E-state index contributed by atoms with van der Waals surface area (Å²) in [7, 11) is 0. The Hall–Kier alpha value is -2.11. The number of rotatable bonds is 5. The molecular formula is C11H14N2O4. The third kappa shape index (κ3) is 2.52. The number of nitro benzene ring substituents is 1. The molecule has 0 heterocycles. The van der Waals surface area contributed by atoms with E-state index in [4.69, 9.17) is 10.5 Å². The Bertz CT molecular complexity index is 457. The number of aryl methyl sites for hydroxylation is 1. The molecule has 0 bridgehead atoms. The number of carbonyl (C=O) groups is 1. The van der Waals surface area contributed by atoms with Gasteiger partial charge in [-0.05, 0) is 19.4 Å². The summed E-state index contributed by atoms with van der Waals surface area (Å²) in [6.07, 6.45) is 0.482. The van der Waals surface area contributed by atoms with Crippen LogP contribution in [0.3, 0.4) is 0 Å². The maximum atomic E-state index is 11.2. The van der Waals surface area contributed by atoms with Gasteiger partial charge in [-0.25, -0.2) is 0 Å². The van der Waals surface area contributed by atoms with E-state index in [1.54, 1.807) is 13.8 Å². The molecule has 0 aliphatic rings. The number of nitrogens with two attached hydrogens (primary N) is 1. The molecule has 1 rings (SSSR count). The number of hydrogen-bond donors (Lipinski definition) is 1. The van der Waals surface area contributed by atoms with Gasteiger partial charge < -0.3 is 10.5 Å². The van der Waals surface area contributed by atoms with Crippen molar-refractivity contribution in [3.8, 4) is 5.75 Å². The number of nitrogens with zero attached hydrogens (tertiary/aromatic N) is 1. The van der Waals surface area contributed by atoms with Crippen LogP contribution in [0.1, 0.15) is 29.8 Å². The maximum absolute atomic E-state index is 11.2. The lowest BCUT2D eigenvalue weighted by atomic mass is 10.0. The second-order valence-corrected chi connectivity index (χ2v) is 3.36. The van der Waals surface area contributed by atoms with Crippen molar-refractivity contribution in [1.82, 2.24) is 0 Å². The fourth-order valence-electron chi connectivity index (χ4n) is 1.58. The summed E-state index contributed by atoms with van der Waals surface area (Å²) < 4.78 is 5.19. The van der Waals surface area contributed by atoms with Crippen molar-refractivity contribution in [2.45, 2.75) is 20.3 Å². The third-order valence-corrected chi connectivity index (χ3v) is 2.33. The third-order valence-electron chi connectivity index (χ3n) is 2.33. The van der Waals surface area contributed by atoms with Gasteiger partial charge >= 0.3 is 5.69 Å². The molecular weight excluding hydrogens is 224 g/mol. The van der Waals surface area contributed by atoms with E-state index < -0.39 is 10.8 Å². The monoisotopic (exact) mass is 238 g/mol. The van der Waals surface area contributed by atoms with Crippen LogP contribution in [0.25, 0.3) is 0 Å². The van der Waals surface area contributed by atoms with Crippen molar-refractivity contribution >= 4 is 11.6 Å². The molecule has 0 spiro atoms. The molecule has 1 aromatic carbocycles. The molecule has 0 saturated heterocycles. The number of benzene rings is 1. The van der Waals surface area contributed by atoms with Crippen LogP contribution in [0.15, 0.2) is 12.1 Å². The Balaban J connectivity index is 3.52. The van der Waals surface area contributed by atoms with Gasteiger partial charge in [0.05, 0.1) is 17.1 Å². The van der Waals surface area contributed by atoms with Gasteiger partial charge in [0.2, 0.25) is 5.75 Å². The molecule has 0 unspecified atom stereocenters. The SMILES string of the molecule is CCOc1c(C(N)=O)ccc(CC)c1[N+](=O)[O-]. The second kappa shape index (κ2) is 5.29. The summed E-state index contributed by atoms with van der Waals surface area (Å²) >= 11 is 0. The van der Waals surface area contributed by atoms with E-state index in [0.717, 1.165) is 0 Å². The first-order valence-electron chi connectivity index (χ1n) is 5.25. The van der Waals surface area contributed by atoms with Crippen molar-refractivity contribution in [2.24, 2.45) is 5.73 Å². The van der Waals surface area contributed by atoms with Crippen LogP contribution in [0.4, 0.5) is 5.69 Å². The predicted octanol–water partition coefficient (Wildman–Crippen LogP) is 1.65. The highest BCUT2D eigenvalue weighted by Crippen LogP contribution is 2.34. The van der Waals surface area contributed by atoms with Crippen molar-refractivity contribution in [1.29, 1.82) is 0 Å². The van der Waals surface area contributed by atoms with Crippen molar-refractivity contribution < 1.29 is 14.5 Å². The van der Waals surface area contributed by atoms with Crippen LogP contribution < -0.4 is 10.5 Å². The highest BCUT2D eigenvalue weighted by molar-refractivity contribution is 5.97. The van der Waals surface area contributed by atoms with Crippen molar-refractivity contribution in [2.75, 3.05) is 6.61 Å². The average Bonchev–Trinajstić information content (AvgIpc) is 2.27. The van der Waals surface area contributed by atoms with E-state index in [9.17, 15) is 14.9 Å². The summed E-state index contributed by atoms with van der Waals surface area (Å²) in [6.45, 7) is 3.71. The fourth-order valence-corrected chi connectivity index (χ4v) is 1.58. The largest absolute Gasteiger partial charge is 0.487 e. The summed E-state index contributed by atoms with van der Waals surface area (Å²) in [5.41, 5.74) is 5.54. The van der Waals surface area contributed by atoms with Gasteiger partial charge in [0, 0.05) is 5.56 Å². The van der Waals surface area contributed by atoms with Crippen LogP contribution in [-0.4, -0.2) is 17.4 Å². The number of nitro groups is 1. The van der Waals surface area contributed by atoms with Crippen LogP contribution >= 0.6 is 0 Å². The zero-order valence-electron chi connectivity index (χ0n) is 9.73. The summed E-state index contributed by atoms with van der Waals surface area (Å²) in [5, 5.41) is 11.0. The molecule has 0 aliphatic carbocycles. The van der Waals surface area contributed by atoms with Gasteiger partial charge in [0.25, 0.3) is 5.91 Å². The van der Waals surface area contributed by atoms with Gasteiger partial charge in [-0.1, -0.05) is 13.0 Å². The fraction of sp³-hybridized carbons (Fsp3) is 0.364. The van der Waals surface area contributed by atoms with Gasteiger partial charge in [0.15, 0.2) is 0 Å². The average molecular weight is 238 g/mol. The first kappa shape index (κ1) is 13.0. The smallest absolute Gasteiger partial charge is 0.314 e. The second-order valence-electron chi connectivity index (χ2n) is 3.36.